The van der Waals surface area contributed by atoms with E-state index in [-0.39, 0.29) is 6.10 Å². The minimum atomic E-state index is -0.0885. The Morgan fingerprint density at radius 1 is 1.38 bits per heavy atom. The van der Waals surface area contributed by atoms with E-state index >= 15 is 0 Å². The van der Waals surface area contributed by atoms with Crippen LogP contribution >= 0.6 is 0 Å². The summed E-state index contributed by atoms with van der Waals surface area (Å²) in [7, 11) is 0. The Morgan fingerprint density at radius 3 is 2.75 bits per heavy atom. The summed E-state index contributed by atoms with van der Waals surface area (Å²) in [6, 6.07) is 0. The van der Waals surface area contributed by atoms with Gasteiger partial charge >= 0.3 is 0 Å². The van der Waals surface area contributed by atoms with E-state index in [1.54, 1.807) is 0 Å². The van der Waals surface area contributed by atoms with Crippen LogP contribution in [0.1, 0.15) is 46.5 Å². The largest absolute Gasteiger partial charge is 0.393 e. The van der Waals surface area contributed by atoms with Crippen molar-refractivity contribution in [2.24, 2.45) is 28.6 Å². The first-order valence-corrected chi connectivity index (χ1v) is 6.77. The molecule has 1 heteroatoms. The third-order valence-electron chi connectivity index (χ3n) is 6.51. The Morgan fingerprint density at radius 2 is 2.06 bits per heavy atom. The molecule has 1 spiro atoms. The van der Waals surface area contributed by atoms with Gasteiger partial charge in [-0.15, -0.1) is 0 Å². The monoisotopic (exact) mass is 220 g/mol. The molecule has 2 bridgehead atoms. The molecule has 1 nitrogen and oxygen atoms in total. The lowest BCUT2D eigenvalue weighted by Gasteiger charge is -2.48. The van der Waals surface area contributed by atoms with E-state index in [0.29, 0.717) is 22.7 Å². The summed E-state index contributed by atoms with van der Waals surface area (Å²) in [5.74, 6) is 1.88. The number of aliphatic hydroxyl groups excluding tert-OH is 1. The van der Waals surface area contributed by atoms with Crippen molar-refractivity contribution in [2.45, 2.75) is 52.6 Å². The Bertz CT molecular complexity index is 343. The third-order valence-corrected chi connectivity index (χ3v) is 6.51. The second-order valence-corrected chi connectivity index (χ2v) is 7.06. The maximum Gasteiger partial charge on any atom is 0.0577 e. The first-order chi connectivity index (χ1) is 7.39. The second kappa shape index (κ2) is 2.93. The van der Waals surface area contributed by atoms with Crippen LogP contribution in [0.25, 0.3) is 0 Å². The van der Waals surface area contributed by atoms with Gasteiger partial charge in [-0.1, -0.05) is 32.9 Å². The smallest absolute Gasteiger partial charge is 0.0577 e. The van der Waals surface area contributed by atoms with E-state index in [0.717, 1.165) is 12.3 Å². The van der Waals surface area contributed by atoms with Crippen LogP contribution in [-0.4, -0.2) is 11.2 Å². The molecule has 0 amide bonds. The van der Waals surface area contributed by atoms with Gasteiger partial charge in [-0.2, -0.15) is 0 Å². The molecule has 0 aromatic carbocycles. The quantitative estimate of drug-likeness (QED) is 0.620. The fourth-order valence-corrected chi connectivity index (χ4v) is 5.03. The molecule has 3 fully saturated rings. The van der Waals surface area contributed by atoms with Crippen molar-refractivity contribution in [1.29, 1.82) is 0 Å². The van der Waals surface area contributed by atoms with Crippen molar-refractivity contribution in [3.05, 3.63) is 12.2 Å². The van der Waals surface area contributed by atoms with Crippen LogP contribution in [0.2, 0.25) is 0 Å². The number of hydrogen-bond acceptors (Lipinski definition) is 1. The van der Waals surface area contributed by atoms with Gasteiger partial charge in [0.1, 0.15) is 0 Å². The Balaban J connectivity index is 2.07. The molecule has 0 saturated heterocycles. The highest BCUT2D eigenvalue weighted by atomic mass is 16.3. The molecule has 5 atom stereocenters. The van der Waals surface area contributed by atoms with Crippen molar-refractivity contribution in [3.8, 4) is 0 Å². The van der Waals surface area contributed by atoms with Crippen molar-refractivity contribution in [3.63, 3.8) is 0 Å². The van der Waals surface area contributed by atoms with Crippen LogP contribution in [0.5, 0.6) is 0 Å². The minimum absolute atomic E-state index is 0.0885. The lowest BCUT2D eigenvalue weighted by Crippen LogP contribution is -2.40. The summed E-state index contributed by atoms with van der Waals surface area (Å²) in [6.45, 7) is 11.4. The fourth-order valence-electron chi connectivity index (χ4n) is 5.03. The van der Waals surface area contributed by atoms with Gasteiger partial charge in [0.2, 0.25) is 0 Å². The first kappa shape index (κ1) is 10.8. The normalized spacial score (nSPS) is 54.1. The van der Waals surface area contributed by atoms with Gasteiger partial charge in [-0.05, 0) is 54.3 Å². The molecule has 3 aliphatic carbocycles. The average Bonchev–Trinajstić information content (AvgIpc) is 2.75. The number of hydrogen-bond donors (Lipinski definition) is 1. The second-order valence-electron chi connectivity index (χ2n) is 7.06. The van der Waals surface area contributed by atoms with E-state index in [1.165, 1.54) is 24.8 Å². The van der Waals surface area contributed by atoms with E-state index in [9.17, 15) is 5.11 Å². The minimum Gasteiger partial charge on any atom is -0.393 e. The summed E-state index contributed by atoms with van der Waals surface area (Å²) in [5.41, 5.74) is 2.15. The van der Waals surface area contributed by atoms with E-state index in [1.807, 2.05) is 0 Å². The molecule has 90 valence electrons. The molecule has 3 rings (SSSR count). The lowest BCUT2D eigenvalue weighted by molar-refractivity contribution is 0.0587. The lowest BCUT2D eigenvalue weighted by atomic mass is 9.56. The number of aliphatic hydroxyl groups is 1. The topological polar surface area (TPSA) is 20.2 Å². The Kier molecular flexibility index (Phi) is 1.98. The first-order valence-electron chi connectivity index (χ1n) is 6.77. The van der Waals surface area contributed by atoms with Crippen molar-refractivity contribution in [1.82, 2.24) is 0 Å². The van der Waals surface area contributed by atoms with Crippen molar-refractivity contribution >= 4 is 0 Å². The predicted molar refractivity (Wildman–Crippen MR) is 66.0 cm³/mol. The van der Waals surface area contributed by atoms with Crippen molar-refractivity contribution in [2.75, 3.05) is 0 Å². The highest BCUT2D eigenvalue weighted by Gasteiger charge is 2.63. The summed E-state index contributed by atoms with van der Waals surface area (Å²) in [6.07, 6.45) is 4.88. The molecule has 1 N–H and O–H groups in total. The molecular formula is C15H24O. The summed E-state index contributed by atoms with van der Waals surface area (Å²) >= 11 is 0. The molecule has 3 aliphatic rings. The number of fused-ring (bicyclic) bond motifs is 1. The molecule has 0 heterocycles. The summed E-state index contributed by atoms with van der Waals surface area (Å²) < 4.78 is 0. The Labute approximate surface area is 98.9 Å². The molecule has 16 heavy (non-hydrogen) atoms. The fraction of sp³-hybridized carbons (Fsp3) is 0.867. The van der Waals surface area contributed by atoms with Crippen molar-refractivity contribution < 1.29 is 5.11 Å². The zero-order valence-corrected chi connectivity index (χ0v) is 10.8. The van der Waals surface area contributed by atoms with Crippen LogP contribution in [0, 0.1) is 28.6 Å². The van der Waals surface area contributed by atoms with Gasteiger partial charge in [0.15, 0.2) is 0 Å². The average molecular weight is 220 g/mol. The van der Waals surface area contributed by atoms with Gasteiger partial charge in [0.05, 0.1) is 6.10 Å². The van der Waals surface area contributed by atoms with Gasteiger partial charge in [-0.25, -0.2) is 0 Å². The maximum atomic E-state index is 10.2. The molecule has 0 aromatic heterocycles. The van der Waals surface area contributed by atoms with E-state index in [4.69, 9.17) is 0 Å². The summed E-state index contributed by atoms with van der Waals surface area (Å²) in [5, 5.41) is 10.2. The zero-order valence-electron chi connectivity index (χ0n) is 10.8. The third kappa shape index (κ3) is 1.01. The van der Waals surface area contributed by atoms with Gasteiger partial charge < -0.3 is 5.11 Å². The molecule has 0 unspecified atom stereocenters. The zero-order chi connectivity index (χ0) is 11.7. The molecule has 0 aliphatic heterocycles. The van der Waals surface area contributed by atoms with Crippen LogP contribution in [0.3, 0.4) is 0 Å². The number of allylic oxidation sites excluding steroid dienone is 1. The Hall–Kier alpha value is -0.300. The van der Waals surface area contributed by atoms with Gasteiger partial charge in [0.25, 0.3) is 0 Å². The van der Waals surface area contributed by atoms with E-state index in [2.05, 4.69) is 27.4 Å². The molecule has 0 aromatic rings. The van der Waals surface area contributed by atoms with Crippen LogP contribution < -0.4 is 0 Å². The van der Waals surface area contributed by atoms with Crippen LogP contribution in [0.15, 0.2) is 12.2 Å². The maximum absolute atomic E-state index is 10.2. The highest BCUT2D eigenvalue weighted by molar-refractivity contribution is 5.27. The summed E-state index contributed by atoms with van der Waals surface area (Å²) in [4.78, 5) is 0. The van der Waals surface area contributed by atoms with Gasteiger partial charge in [-0.3, -0.25) is 0 Å². The molecule has 0 radical (unpaired) electrons. The molecular weight excluding hydrogens is 196 g/mol. The number of rotatable bonds is 0. The van der Waals surface area contributed by atoms with Crippen LogP contribution in [0.4, 0.5) is 0 Å². The van der Waals surface area contributed by atoms with Crippen LogP contribution in [-0.2, 0) is 0 Å². The van der Waals surface area contributed by atoms with E-state index < -0.39 is 0 Å². The standard InChI is InChI=1S/C15H24O/c1-9-12-7-13(16)10(2)15(12)6-5-11(8-15)14(9,3)4/h10-13,16H,1,5-8H2,2-4H3/t10-,11+,12+,13+,15-/m0/s1. The highest BCUT2D eigenvalue weighted by Crippen LogP contribution is 2.69. The van der Waals surface area contributed by atoms with Gasteiger partial charge in [0, 0.05) is 0 Å². The predicted octanol–water partition coefficient (Wildman–Crippen LogP) is 3.39. The molecule has 3 saturated carbocycles. The SMILES string of the molecule is C=C1[C@H]2C[C@@H](O)[C@H](C)[C@@]23CC[C@H](C3)C1(C)C.